The van der Waals surface area contributed by atoms with E-state index < -0.39 is 0 Å². The molecule has 0 aromatic carbocycles. The van der Waals surface area contributed by atoms with Crippen molar-refractivity contribution in [2.24, 2.45) is 15.4 Å². The van der Waals surface area contributed by atoms with Gasteiger partial charge in [0.25, 0.3) is 0 Å². The van der Waals surface area contributed by atoms with Gasteiger partial charge in [-0.2, -0.15) is 5.11 Å². The molecule has 3 heteroatoms. The molecule has 3 nitrogen and oxygen atoms in total. The fraction of sp³-hybridized carbons (Fsp3) is 0.400. The molecule has 1 rings (SSSR count). The predicted molar refractivity (Wildman–Crippen MR) is 32.0 cm³/mol. The van der Waals surface area contributed by atoms with E-state index in [4.69, 9.17) is 0 Å². The molecule has 0 atom stereocenters. The lowest BCUT2D eigenvalue weighted by atomic mass is 10.4. The monoisotopic (exact) mass is 109 g/mol. The average Bonchev–Trinajstić information content (AvgIpc) is 1.62. The molecule has 0 amide bonds. The molecule has 0 saturated heterocycles. The third-order valence-electron chi connectivity index (χ3n) is 0.799. The van der Waals surface area contributed by atoms with E-state index in [1.54, 1.807) is 6.21 Å². The Balaban J connectivity index is 2.51. The van der Waals surface area contributed by atoms with E-state index in [1.807, 2.05) is 12.2 Å². The minimum Gasteiger partial charge on any atom is -0.169 e. The summed E-state index contributed by atoms with van der Waals surface area (Å²) in [5.74, 6) is 0. The van der Waals surface area contributed by atoms with Crippen molar-refractivity contribution in [1.29, 1.82) is 0 Å². The SMILES string of the molecule is C1=CCCN=NN=C1. The largest absolute Gasteiger partial charge is 0.169 e. The topological polar surface area (TPSA) is 37.1 Å². The first-order chi connectivity index (χ1) is 4.00. The Morgan fingerprint density at radius 2 is 2.38 bits per heavy atom. The fourth-order valence-electron chi connectivity index (χ4n) is 0.439. The van der Waals surface area contributed by atoms with E-state index in [1.165, 1.54) is 0 Å². The van der Waals surface area contributed by atoms with Crippen molar-refractivity contribution in [3.05, 3.63) is 12.2 Å². The summed E-state index contributed by atoms with van der Waals surface area (Å²) in [6.45, 7) is 0.758. The van der Waals surface area contributed by atoms with Crippen LogP contribution in [0.2, 0.25) is 0 Å². The zero-order valence-corrected chi connectivity index (χ0v) is 4.49. The summed E-state index contributed by atoms with van der Waals surface area (Å²) < 4.78 is 0. The van der Waals surface area contributed by atoms with Crippen LogP contribution in [0, 0.1) is 0 Å². The molecule has 1 aliphatic rings. The van der Waals surface area contributed by atoms with Crippen LogP contribution in [0.3, 0.4) is 0 Å². The van der Waals surface area contributed by atoms with Gasteiger partial charge >= 0.3 is 0 Å². The van der Waals surface area contributed by atoms with Crippen LogP contribution < -0.4 is 0 Å². The second-order valence-electron chi connectivity index (χ2n) is 1.44. The molecule has 0 aromatic rings. The molecule has 42 valence electrons. The molecule has 0 aliphatic carbocycles. The molecule has 0 saturated carbocycles. The maximum atomic E-state index is 3.71. The molecule has 0 spiro atoms. The van der Waals surface area contributed by atoms with Gasteiger partial charge < -0.3 is 0 Å². The molecule has 0 bridgehead atoms. The van der Waals surface area contributed by atoms with E-state index >= 15 is 0 Å². The molecule has 1 aliphatic heterocycles. The van der Waals surface area contributed by atoms with Crippen molar-refractivity contribution < 1.29 is 0 Å². The molecule has 0 fully saturated rings. The van der Waals surface area contributed by atoms with Crippen LogP contribution in [-0.2, 0) is 0 Å². The Labute approximate surface area is 47.8 Å². The number of hydrogen-bond donors (Lipinski definition) is 0. The number of allylic oxidation sites excluding steroid dienone is 1. The first kappa shape index (κ1) is 5.15. The molecular weight excluding hydrogens is 102 g/mol. The van der Waals surface area contributed by atoms with Gasteiger partial charge in [-0.3, -0.25) is 0 Å². The summed E-state index contributed by atoms with van der Waals surface area (Å²) in [7, 11) is 0. The fourth-order valence-corrected chi connectivity index (χ4v) is 0.439. The van der Waals surface area contributed by atoms with Crippen LogP contribution in [-0.4, -0.2) is 12.8 Å². The third-order valence-corrected chi connectivity index (χ3v) is 0.799. The zero-order chi connectivity index (χ0) is 5.66. The van der Waals surface area contributed by atoms with Crippen molar-refractivity contribution in [3.63, 3.8) is 0 Å². The summed E-state index contributed by atoms with van der Waals surface area (Å²) in [6.07, 6.45) is 6.48. The second-order valence-corrected chi connectivity index (χ2v) is 1.44. The minimum atomic E-state index is 0.758. The molecule has 0 unspecified atom stereocenters. The first-order valence-electron chi connectivity index (χ1n) is 2.55. The summed E-state index contributed by atoms with van der Waals surface area (Å²) in [4.78, 5) is 0. The van der Waals surface area contributed by atoms with E-state index in [2.05, 4.69) is 15.4 Å². The molecule has 0 N–H and O–H groups in total. The van der Waals surface area contributed by atoms with Crippen LogP contribution in [0.5, 0.6) is 0 Å². The molecule has 0 radical (unpaired) electrons. The highest BCUT2D eigenvalue weighted by molar-refractivity contribution is 5.70. The minimum absolute atomic E-state index is 0.758. The van der Waals surface area contributed by atoms with Crippen LogP contribution in [0.25, 0.3) is 0 Å². The normalized spacial score (nSPS) is 18.0. The van der Waals surface area contributed by atoms with Crippen molar-refractivity contribution in [1.82, 2.24) is 0 Å². The smallest absolute Gasteiger partial charge is 0.0655 e. The van der Waals surface area contributed by atoms with Crippen LogP contribution >= 0.6 is 0 Å². The summed E-state index contributed by atoms with van der Waals surface area (Å²) in [5.41, 5.74) is 0. The highest BCUT2D eigenvalue weighted by Crippen LogP contribution is 1.88. The Morgan fingerprint density at radius 3 is 3.38 bits per heavy atom. The van der Waals surface area contributed by atoms with Crippen LogP contribution in [0.15, 0.2) is 27.6 Å². The van der Waals surface area contributed by atoms with Crippen LogP contribution in [0.4, 0.5) is 0 Å². The Bertz CT molecular complexity index is 119. The molecular formula is C5H7N3. The quantitative estimate of drug-likeness (QED) is 0.450. The number of nitrogens with zero attached hydrogens (tertiary/aromatic N) is 3. The van der Waals surface area contributed by atoms with Crippen molar-refractivity contribution in [2.75, 3.05) is 6.54 Å². The third kappa shape index (κ3) is 1.64. The Morgan fingerprint density at radius 1 is 1.38 bits per heavy atom. The van der Waals surface area contributed by atoms with Gasteiger partial charge in [0, 0.05) is 0 Å². The summed E-state index contributed by atoms with van der Waals surface area (Å²) in [5, 5.41) is 10.8. The van der Waals surface area contributed by atoms with Crippen molar-refractivity contribution >= 4 is 6.21 Å². The Hall–Kier alpha value is -0.990. The number of rotatable bonds is 0. The lowest BCUT2D eigenvalue weighted by molar-refractivity contribution is 0.875. The van der Waals surface area contributed by atoms with E-state index in [0.29, 0.717) is 0 Å². The van der Waals surface area contributed by atoms with Crippen molar-refractivity contribution in [3.8, 4) is 0 Å². The van der Waals surface area contributed by atoms with Gasteiger partial charge in [-0.25, -0.2) is 0 Å². The zero-order valence-electron chi connectivity index (χ0n) is 4.49. The lowest BCUT2D eigenvalue weighted by Crippen LogP contribution is -1.76. The van der Waals surface area contributed by atoms with Gasteiger partial charge in [-0.15, -0.1) is 5.10 Å². The van der Waals surface area contributed by atoms with Gasteiger partial charge in [-0.05, 0) is 17.7 Å². The molecule has 0 aromatic heterocycles. The Kier molecular flexibility index (Phi) is 1.98. The van der Waals surface area contributed by atoms with Gasteiger partial charge in [0.2, 0.25) is 0 Å². The maximum Gasteiger partial charge on any atom is 0.0655 e. The second kappa shape index (κ2) is 3.07. The van der Waals surface area contributed by atoms with E-state index in [0.717, 1.165) is 13.0 Å². The van der Waals surface area contributed by atoms with Gasteiger partial charge in [-0.1, -0.05) is 6.08 Å². The van der Waals surface area contributed by atoms with Crippen LogP contribution in [0.1, 0.15) is 6.42 Å². The maximum absolute atomic E-state index is 3.71. The predicted octanol–water partition coefficient (Wildman–Crippen LogP) is 1.38. The summed E-state index contributed by atoms with van der Waals surface area (Å²) >= 11 is 0. The van der Waals surface area contributed by atoms with Gasteiger partial charge in [0.05, 0.1) is 12.8 Å². The standard InChI is InChI=1S/C5H7N3/c1-2-4-6-8-7-5-3-1/h1-2,4H,3,5H2. The van der Waals surface area contributed by atoms with E-state index in [9.17, 15) is 0 Å². The highest BCUT2D eigenvalue weighted by atomic mass is 15.4. The number of hydrogen-bond acceptors (Lipinski definition) is 3. The molecule has 1 heterocycles. The molecule has 8 heavy (non-hydrogen) atoms. The lowest BCUT2D eigenvalue weighted by Gasteiger charge is -1.84. The average molecular weight is 109 g/mol. The van der Waals surface area contributed by atoms with Gasteiger partial charge in [0.15, 0.2) is 0 Å². The summed E-state index contributed by atoms with van der Waals surface area (Å²) in [6, 6.07) is 0. The van der Waals surface area contributed by atoms with Crippen molar-refractivity contribution in [2.45, 2.75) is 6.42 Å². The first-order valence-corrected chi connectivity index (χ1v) is 2.55. The van der Waals surface area contributed by atoms with Gasteiger partial charge in [0.1, 0.15) is 0 Å². The van der Waals surface area contributed by atoms with E-state index in [-0.39, 0.29) is 0 Å². The highest BCUT2D eigenvalue weighted by Gasteiger charge is 1.77.